The van der Waals surface area contributed by atoms with Gasteiger partial charge in [-0.3, -0.25) is 14.6 Å². The van der Waals surface area contributed by atoms with Crippen LogP contribution in [0.2, 0.25) is 0 Å². The Kier molecular flexibility index (Phi) is 5.49. The number of H-pyrrole nitrogens is 1. The summed E-state index contributed by atoms with van der Waals surface area (Å²) in [5.41, 5.74) is 4.26. The molecular formula is C29H26N4O3. The van der Waals surface area contributed by atoms with Crippen molar-refractivity contribution in [1.82, 2.24) is 19.9 Å². The van der Waals surface area contributed by atoms with Crippen LogP contribution in [0.1, 0.15) is 47.2 Å². The van der Waals surface area contributed by atoms with E-state index in [0.29, 0.717) is 29.9 Å². The van der Waals surface area contributed by atoms with E-state index >= 15 is 0 Å². The minimum atomic E-state index is -1.32. The van der Waals surface area contributed by atoms with Crippen molar-refractivity contribution in [2.45, 2.75) is 37.3 Å². The molecule has 1 fully saturated rings. The van der Waals surface area contributed by atoms with E-state index in [0.717, 1.165) is 35.2 Å². The van der Waals surface area contributed by atoms with Crippen molar-refractivity contribution in [3.63, 3.8) is 0 Å². The lowest BCUT2D eigenvalue weighted by Crippen LogP contribution is -2.42. The Morgan fingerprint density at radius 2 is 1.83 bits per heavy atom. The van der Waals surface area contributed by atoms with Crippen LogP contribution in [0.5, 0.6) is 0 Å². The number of hydrogen-bond donors (Lipinski definition) is 2. The Hall–Kier alpha value is -4.10. The number of aliphatic hydroxyl groups excluding tert-OH is 1. The molecule has 0 saturated heterocycles. The number of pyridine rings is 1. The molecule has 2 aromatic heterocycles. The SMILES string of the molecule is O=C([C@H](O)c1cccc(-c2cccnc2)c1)N1CCc2nc(C3(c4ccccc4)CC3)[nH]c(=O)c2C1. The van der Waals surface area contributed by atoms with Crippen LogP contribution in [-0.4, -0.2) is 37.4 Å². The summed E-state index contributed by atoms with van der Waals surface area (Å²) in [6.07, 6.45) is 4.51. The molecule has 6 rings (SSSR count). The van der Waals surface area contributed by atoms with Crippen molar-refractivity contribution in [3.8, 4) is 11.1 Å². The number of benzene rings is 2. The first-order valence-corrected chi connectivity index (χ1v) is 12.2. The maximum Gasteiger partial charge on any atom is 0.256 e. The second-order valence-electron chi connectivity index (χ2n) is 9.57. The number of carbonyl (C=O) groups is 1. The van der Waals surface area contributed by atoms with E-state index in [1.165, 1.54) is 0 Å². The lowest BCUT2D eigenvalue weighted by Gasteiger charge is -2.30. The Morgan fingerprint density at radius 3 is 2.58 bits per heavy atom. The molecule has 2 N–H and O–H groups in total. The minimum absolute atomic E-state index is 0.133. The van der Waals surface area contributed by atoms with Gasteiger partial charge < -0.3 is 15.0 Å². The fourth-order valence-electron chi connectivity index (χ4n) is 5.12. The van der Waals surface area contributed by atoms with Crippen molar-refractivity contribution >= 4 is 5.91 Å². The highest BCUT2D eigenvalue weighted by Crippen LogP contribution is 2.51. The molecule has 7 nitrogen and oxygen atoms in total. The van der Waals surface area contributed by atoms with Gasteiger partial charge in [0, 0.05) is 25.4 Å². The molecule has 0 bridgehead atoms. The van der Waals surface area contributed by atoms with Gasteiger partial charge >= 0.3 is 0 Å². The van der Waals surface area contributed by atoms with Crippen LogP contribution in [0.15, 0.2) is 83.9 Å². The zero-order valence-electron chi connectivity index (χ0n) is 19.7. The molecule has 1 saturated carbocycles. The molecule has 0 radical (unpaired) electrons. The quantitative estimate of drug-likeness (QED) is 0.457. The molecular weight excluding hydrogens is 452 g/mol. The summed E-state index contributed by atoms with van der Waals surface area (Å²) in [4.78, 5) is 39.9. The highest BCUT2D eigenvalue weighted by Gasteiger charge is 2.48. The maximum atomic E-state index is 13.2. The van der Waals surface area contributed by atoms with E-state index in [-0.39, 0.29) is 17.5 Å². The van der Waals surface area contributed by atoms with Gasteiger partial charge in [-0.15, -0.1) is 0 Å². The van der Waals surface area contributed by atoms with Crippen LogP contribution < -0.4 is 5.56 Å². The van der Waals surface area contributed by atoms with Crippen molar-refractivity contribution in [2.75, 3.05) is 6.54 Å². The average Bonchev–Trinajstić information content (AvgIpc) is 3.75. The first-order valence-electron chi connectivity index (χ1n) is 12.2. The normalized spacial score (nSPS) is 16.8. The second-order valence-corrected chi connectivity index (χ2v) is 9.57. The van der Waals surface area contributed by atoms with Crippen LogP contribution in [0.4, 0.5) is 0 Å². The number of amides is 1. The second kappa shape index (κ2) is 8.84. The summed E-state index contributed by atoms with van der Waals surface area (Å²) in [5.74, 6) is 0.292. The molecule has 1 aliphatic heterocycles. The fourth-order valence-corrected chi connectivity index (χ4v) is 5.12. The Balaban J connectivity index is 1.23. The van der Waals surface area contributed by atoms with Crippen molar-refractivity contribution in [1.29, 1.82) is 0 Å². The zero-order chi connectivity index (χ0) is 24.7. The van der Waals surface area contributed by atoms with Gasteiger partial charge in [0.05, 0.1) is 23.2 Å². The van der Waals surface area contributed by atoms with Crippen molar-refractivity contribution < 1.29 is 9.90 Å². The smallest absolute Gasteiger partial charge is 0.256 e. The zero-order valence-corrected chi connectivity index (χ0v) is 19.7. The number of hydrogen-bond acceptors (Lipinski definition) is 5. The third-order valence-corrected chi connectivity index (χ3v) is 7.34. The summed E-state index contributed by atoms with van der Waals surface area (Å²) in [6, 6.07) is 21.2. The van der Waals surface area contributed by atoms with Gasteiger partial charge in [0.15, 0.2) is 6.10 Å². The van der Waals surface area contributed by atoms with Gasteiger partial charge in [0.1, 0.15) is 5.82 Å². The Labute approximate surface area is 208 Å². The van der Waals surface area contributed by atoms with E-state index in [4.69, 9.17) is 4.98 Å². The predicted molar refractivity (Wildman–Crippen MR) is 135 cm³/mol. The monoisotopic (exact) mass is 478 g/mol. The number of rotatable bonds is 5. The molecule has 7 heteroatoms. The van der Waals surface area contributed by atoms with Gasteiger partial charge in [0.25, 0.3) is 11.5 Å². The van der Waals surface area contributed by atoms with E-state index in [1.807, 2.05) is 42.5 Å². The number of nitrogens with one attached hydrogen (secondary N) is 1. The van der Waals surface area contributed by atoms with E-state index in [2.05, 4.69) is 22.1 Å². The number of aromatic amines is 1. The number of aliphatic hydroxyl groups is 1. The molecule has 1 aliphatic carbocycles. The molecule has 36 heavy (non-hydrogen) atoms. The van der Waals surface area contributed by atoms with Crippen molar-refractivity contribution in [2.24, 2.45) is 0 Å². The number of carbonyl (C=O) groups excluding carboxylic acids is 1. The summed E-state index contributed by atoms with van der Waals surface area (Å²) in [7, 11) is 0. The average molecular weight is 479 g/mol. The number of aromatic nitrogens is 3. The molecule has 180 valence electrons. The van der Waals surface area contributed by atoms with Gasteiger partial charge in [0.2, 0.25) is 0 Å². The summed E-state index contributed by atoms with van der Waals surface area (Å²) < 4.78 is 0. The van der Waals surface area contributed by atoms with E-state index < -0.39 is 12.0 Å². The van der Waals surface area contributed by atoms with Gasteiger partial charge in [-0.25, -0.2) is 4.98 Å². The van der Waals surface area contributed by atoms with Crippen LogP contribution in [0.25, 0.3) is 11.1 Å². The molecule has 3 heterocycles. The maximum absolute atomic E-state index is 13.2. The first-order chi connectivity index (χ1) is 17.5. The highest BCUT2D eigenvalue weighted by atomic mass is 16.3. The third kappa shape index (κ3) is 3.91. The molecule has 0 unspecified atom stereocenters. The van der Waals surface area contributed by atoms with Crippen LogP contribution in [-0.2, 0) is 23.2 Å². The van der Waals surface area contributed by atoms with E-state index in [1.54, 1.807) is 29.4 Å². The number of fused-ring (bicyclic) bond motifs is 1. The molecule has 2 aromatic carbocycles. The van der Waals surface area contributed by atoms with Crippen molar-refractivity contribution in [3.05, 3.63) is 118 Å². The standard InChI is InChI=1S/C29H26N4O3/c34-25(20-7-4-6-19(16-20)21-8-5-14-30-17-21)27(36)33-15-11-24-23(18-33)26(35)32-28(31-24)29(12-13-29)22-9-2-1-3-10-22/h1-10,14,16-17,25,34H,11-13,15,18H2,(H,31,32,35)/t25-/m1/s1. The van der Waals surface area contributed by atoms with Gasteiger partial charge in [-0.1, -0.05) is 54.6 Å². The Morgan fingerprint density at radius 1 is 1.03 bits per heavy atom. The third-order valence-electron chi connectivity index (χ3n) is 7.34. The first kappa shape index (κ1) is 22.4. The van der Waals surface area contributed by atoms with Gasteiger partial charge in [-0.2, -0.15) is 0 Å². The van der Waals surface area contributed by atoms with Crippen LogP contribution in [0, 0.1) is 0 Å². The van der Waals surface area contributed by atoms with Crippen LogP contribution in [0.3, 0.4) is 0 Å². The number of nitrogens with zero attached hydrogens (tertiary/aromatic N) is 3. The molecule has 2 aliphatic rings. The minimum Gasteiger partial charge on any atom is -0.378 e. The van der Waals surface area contributed by atoms with Gasteiger partial charge in [-0.05, 0) is 47.2 Å². The summed E-state index contributed by atoms with van der Waals surface area (Å²) in [5, 5.41) is 10.9. The lowest BCUT2D eigenvalue weighted by molar-refractivity contribution is -0.141. The molecule has 1 amide bonds. The molecule has 0 spiro atoms. The lowest BCUT2D eigenvalue weighted by atomic mass is 9.94. The molecule has 4 aromatic rings. The summed E-state index contributed by atoms with van der Waals surface area (Å²) >= 11 is 0. The topological polar surface area (TPSA) is 99.2 Å². The van der Waals surface area contributed by atoms with Crippen LogP contribution >= 0.6 is 0 Å². The highest BCUT2D eigenvalue weighted by molar-refractivity contribution is 5.83. The summed E-state index contributed by atoms with van der Waals surface area (Å²) in [6.45, 7) is 0.536. The fraction of sp³-hybridized carbons (Fsp3) is 0.241. The predicted octanol–water partition coefficient (Wildman–Crippen LogP) is 3.53. The largest absolute Gasteiger partial charge is 0.378 e. The molecule has 1 atom stereocenters. The Bertz CT molecular complexity index is 1480. The van der Waals surface area contributed by atoms with E-state index in [9.17, 15) is 14.7 Å².